The van der Waals surface area contributed by atoms with E-state index in [1.165, 1.54) is 11.1 Å². The van der Waals surface area contributed by atoms with Gasteiger partial charge in [-0.3, -0.25) is 9.69 Å². The number of nitrogens with zero attached hydrogens (tertiary/aromatic N) is 6. The first-order valence-corrected chi connectivity index (χ1v) is 12.9. The molecule has 0 spiro atoms. The van der Waals surface area contributed by atoms with Crippen molar-refractivity contribution in [3.8, 4) is 5.82 Å². The van der Waals surface area contributed by atoms with Gasteiger partial charge in [0.2, 0.25) is 5.95 Å². The molecule has 1 N–H and O–H groups in total. The molecule has 1 aliphatic heterocycles. The van der Waals surface area contributed by atoms with Crippen molar-refractivity contribution >= 4 is 22.7 Å². The van der Waals surface area contributed by atoms with Crippen LogP contribution in [-0.2, 0) is 24.9 Å². The summed E-state index contributed by atoms with van der Waals surface area (Å²) >= 11 is 0. The van der Waals surface area contributed by atoms with Gasteiger partial charge in [-0.15, -0.1) is 6.58 Å². The van der Waals surface area contributed by atoms with Crippen LogP contribution < -0.4 is 10.9 Å². The number of nitrogens with one attached hydrogen (secondary N) is 1. The highest BCUT2D eigenvalue weighted by molar-refractivity contribution is 5.77. The van der Waals surface area contributed by atoms with E-state index in [-0.39, 0.29) is 11.0 Å². The Kier molecular flexibility index (Phi) is 6.45. The fraction of sp³-hybridized carbons (Fsp3) is 0.379. The van der Waals surface area contributed by atoms with Gasteiger partial charge in [-0.05, 0) is 55.7 Å². The van der Waals surface area contributed by atoms with Gasteiger partial charge in [-0.2, -0.15) is 4.98 Å². The minimum atomic E-state index is -0.174. The Bertz CT molecular complexity index is 1520. The van der Waals surface area contributed by atoms with E-state index in [0.29, 0.717) is 35.4 Å². The lowest BCUT2D eigenvalue weighted by atomic mass is 9.92. The van der Waals surface area contributed by atoms with Crippen LogP contribution in [0.15, 0.2) is 60.0 Å². The number of rotatable bonds is 6. The molecule has 0 amide bonds. The smallest absolute Gasteiger partial charge is 0.278 e. The average Bonchev–Trinajstić information content (AvgIpc) is 3.14. The molecule has 0 unspecified atom stereocenters. The summed E-state index contributed by atoms with van der Waals surface area (Å²) in [5, 5.41) is 3.80. The maximum atomic E-state index is 13.3. The molecule has 4 aromatic rings. The van der Waals surface area contributed by atoms with E-state index >= 15 is 0 Å². The van der Waals surface area contributed by atoms with Crippen molar-refractivity contribution in [3.05, 3.63) is 82.4 Å². The highest BCUT2D eigenvalue weighted by Gasteiger charge is 2.22. The Morgan fingerprint density at radius 2 is 1.95 bits per heavy atom. The Balaban J connectivity index is 1.57. The molecule has 192 valence electrons. The highest BCUT2D eigenvalue weighted by atomic mass is 16.1. The normalized spacial score (nSPS) is 14.2. The van der Waals surface area contributed by atoms with Crippen molar-refractivity contribution in [1.29, 1.82) is 0 Å². The molecule has 37 heavy (non-hydrogen) atoms. The molecule has 0 fully saturated rings. The molecule has 8 nitrogen and oxygen atoms in total. The molecule has 0 atom stereocenters. The van der Waals surface area contributed by atoms with Crippen LogP contribution in [0.5, 0.6) is 0 Å². The summed E-state index contributed by atoms with van der Waals surface area (Å²) in [7, 11) is 0. The Hall–Kier alpha value is -3.78. The second-order valence-corrected chi connectivity index (χ2v) is 11.0. The molecule has 3 aromatic heterocycles. The zero-order valence-corrected chi connectivity index (χ0v) is 22.3. The topological polar surface area (TPSA) is 80.9 Å². The van der Waals surface area contributed by atoms with Crippen LogP contribution in [0.2, 0.25) is 0 Å². The first-order chi connectivity index (χ1) is 17.7. The third-order valence-corrected chi connectivity index (χ3v) is 6.93. The third-order valence-electron chi connectivity index (χ3n) is 6.93. The van der Waals surface area contributed by atoms with E-state index < -0.39 is 0 Å². The number of fused-ring (bicyclic) bond motifs is 2. The predicted octanol–water partition coefficient (Wildman–Crippen LogP) is 4.97. The maximum absolute atomic E-state index is 13.3. The molecule has 0 saturated heterocycles. The first-order valence-electron chi connectivity index (χ1n) is 12.9. The van der Waals surface area contributed by atoms with E-state index in [1.54, 1.807) is 21.6 Å². The lowest BCUT2D eigenvalue weighted by Gasteiger charge is -2.32. The Morgan fingerprint density at radius 1 is 1.14 bits per heavy atom. The molecule has 0 aliphatic carbocycles. The fourth-order valence-corrected chi connectivity index (χ4v) is 4.79. The zero-order chi connectivity index (χ0) is 26.3. The van der Waals surface area contributed by atoms with Crippen molar-refractivity contribution in [2.45, 2.75) is 65.6 Å². The van der Waals surface area contributed by atoms with Crippen molar-refractivity contribution < 1.29 is 0 Å². The van der Waals surface area contributed by atoms with Gasteiger partial charge in [0.1, 0.15) is 5.39 Å². The molecular weight excluding hydrogens is 462 g/mol. The van der Waals surface area contributed by atoms with Crippen LogP contribution in [-0.4, -0.2) is 41.8 Å². The maximum Gasteiger partial charge on any atom is 0.278 e. The van der Waals surface area contributed by atoms with Crippen molar-refractivity contribution in [3.63, 3.8) is 0 Å². The van der Waals surface area contributed by atoms with Gasteiger partial charge in [0.15, 0.2) is 11.5 Å². The van der Waals surface area contributed by atoms with Crippen LogP contribution in [0.4, 0.5) is 11.6 Å². The molecule has 8 heteroatoms. The number of allylic oxidation sites excluding steroid dienone is 1. The summed E-state index contributed by atoms with van der Waals surface area (Å²) in [6.45, 7) is 17.0. The molecule has 0 bridgehead atoms. The molecule has 0 radical (unpaired) electrons. The number of anilines is 2. The van der Waals surface area contributed by atoms with Crippen molar-refractivity contribution in [1.82, 2.24) is 29.2 Å². The monoisotopic (exact) mass is 497 g/mol. The summed E-state index contributed by atoms with van der Waals surface area (Å²) in [5.74, 6) is 1.06. The van der Waals surface area contributed by atoms with Gasteiger partial charge < -0.3 is 5.32 Å². The standard InChI is InChI=1S/C29H35N7O/c1-7-14-35-27(37)23-17-30-28(31-22-12-11-20-13-15-34(19(2)3)18-21(20)16-22)33-26(23)36(35)25-10-8-9-24(32-25)29(4,5)6/h7-12,16-17,19H,1,13-15,18H2,2-6H3,(H,30,31,33). The minimum absolute atomic E-state index is 0.137. The highest BCUT2D eigenvalue weighted by Crippen LogP contribution is 2.26. The van der Waals surface area contributed by atoms with Gasteiger partial charge in [0.05, 0.1) is 6.54 Å². The Morgan fingerprint density at radius 3 is 2.68 bits per heavy atom. The van der Waals surface area contributed by atoms with Crippen molar-refractivity contribution in [2.24, 2.45) is 0 Å². The average molecular weight is 498 g/mol. The Labute approximate surface area is 217 Å². The SMILES string of the molecule is C=CCn1c(=O)c2cnc(Nc3ccc4c(c3)CN(C(C)C)CC4)nc2n1-c1cccc(C(C)(C)C)n1. The predicted molar refractivity (Wildman–Crippen MR) is 149 cm³/mol. The van der Waals surface area contributed by atoms with Gasteiger partial charge in [-0.25, -0.2) is 19.3 Å². The van der Waals surface area contributed by atoms with Crippen LogP contribution >= 0.6 is 0 Å². The molecule has 1 aromatic carbocycles. The van der Waals surface area contributed by atoms with E-state index in [0.717, 1.165) is 30.9 Å². The lowest BCUT2D eigenvalue weighted by Crippen LogP contribution is -2.35. The molecule has 5 rings (SSSR count). The van der Waals surface area contributed by atoms with E-state index in [9.17, 15) is 4.79 Å². The van der Waals surface area contributed by atoms with Crippen LogP contribution in [0, 0.1) is 0 Å². The summed E-state index contributed by atoms with van der Waals surface area (Å²) < 4.78 is 3.37. The zero-order valence-electron chi connectivity index (χ0n) is 22.3. The van der Waals surface area contributed by atoms with Crippen molar-refractivity contribution in [2.75, 3.05) is 11.9 Å². The number of aromatic nitrogens is 5. The molecule has 4 heterocycles. The summed E-state index contributed by atoms with van der Waals surface area (Å²) in [5.41, 5.74) is 4.76. The van der Waals surface area contributed by atoms with Crippen LogP contribution in [0.3, 0.4) is 0 Å². The summed E-state index contributed by atoms with van der Waals surface area (Å²) in [4.78, 5) is 29.9. The summed E-state index contributed by atoms with van der Waals surface area (Å²) in [6.07, 6.45) is 4.35. The third kappa shape index (κ3) is 4.81. The molecular formula is C29H35N7O. The molecule has 1 aliphatic rings. The van der Waals surface area contributed by atoms with Gasteiger partial charge in [-0.1, -0.05) is 39.0 Å². The fourth-order valence-electron chi connectivity index (χ4n) is 4.79. The van der Waals surface area contributed by atoms with Gasteiger partial charge in [0.25, 0.3) is 5.56 Å². The largest absolute Gasteiger partial charge is 0.324 e. The second kappa shape index (κ2) is 9.59. The minimum Gasteiger partial charge on any atom is -0.324 e. The number of hydrogen-bond acceptors (Lipinski definition) is 6. The quantitative estimate of drug-likeness (QED) is 0.379. The molecule has 0 saturated carbocycles. The second-order valence-electron chi connectivity index (χ2n) is 11.0. The van der Waals surface area contributed by atoms with Crippen LogP contribution in [0.1, 0.15) is 51.4 Å². The van der Waals surface area contributed by atoms with Gasteiger partial charge in [0, 0.05) is 42.1 Å². The van der Waals surface area contributed by atoms with Crippen LogP contribution in [0.25, 0.3) is 16.9 Å². The van der Waals surface area contributed by atoms with E-state index in [1.807, 2.05) is 18.2 Å². The summed E-state index contributed by atoms with van der Waals surface area (Å²) in [6, 6.07) is 12.8. The number of hydrogen-bond donors (Lipinski definition) is 1. The van der Waals surface area contributed by atoms with E-state index in [4.69, 9.17) is 9.97 Å². The van der Waals surface area contributed by atoms with Gasteiger partial charge >= 0.3 is 0 Å². The number of pyridine rings is 1. The van der Waals surface area contributed by atoms with E-state index in [2.05, 4.69) is 74.6 Å². The number of benzene rings is 1. The first kappa shape index (κ1) is 24.9. The lowest BCUT2D eigenvalue weighted by molar-refractivity contribution is 0.203.